The van der Waals surface area contributed by atoms with Gasteiger partial charge < -0.3 is 4.42 Å². The van der Waals surface area contributed by atoms with Crippen molar-refractivity contribution >= 4 is 40.5 Å². The highest BCUT2D eigenvalue weighted by Crippen LogP contribution is 2.34. The highest BCUT2D eigenvalue weighted by Gasteiger charge is 2.18. The number of anilines is 1. The van der Waals surface area contributed by atoms with Crippen molar-refractivity contribution in [2.75, 3.05) is 11.6 Å². The Morgan fingerprint density at radius 2 is 2.12 bits per heavy atom. The van der Waals surface area contributed by atoms with Gasteiger partial charge in [-0.25, -0.2) is 4.98 Å². The zero-order chi connectivity index (χ0) is 17.2. The summed E-state index contributed by atoms with van der Waals surface area (Å²) in [6.45, 7) is 0.868. The quantitative estimate of drug-likeness (QED) is 0.387. The van der Waals surface area contributed by atoms with Crippen molar-refractivity contribution in [2.45, 2.75) is 17.1 Å². The first-order valence-corrected chi connectivity index (χ1v) is 8.75. The van der Waals surface area contributed by atoms with Crippen LogP contribution in [0.5, 0.6) is 0 Å². The van der Waals surface area contributed by atoms with Crippen LogP contribution in [0.4, 0.5) is 11.4 Å². The standard InChI is InChI=1S/C17H14N4O3S/c22-21(23)13-6-3-7-14-17(13)19-16(24-14)11-25-15-8-2-1-5-12(15)20-10-4-9-18-20/h1-3,5-9H,4,10-11H2. The smallest absolute Gasteiger partial charge is 0.298 e. The summed E-state index contributed by atoms with van der Waals surface area (Å²) in [6, 6.07) is 12.7. The van der Waals surface area contributed by atoms with E-state index >= 15 is 0 Å². The molecule has 0 amide bonds. The van der Waals surface area contributed by atoms with E-state index in [1.807, 2.05) is 35.5 Å². The average Bonchev–Trinajstić information content (AvgIpc) is 3.29. The number of oxazole rings is 1. The molecule has 0 bridgehead atoms. The third kappa shape index (κ3) is 3.08. The van der Waals surface area contributed by atoms with E-state index in [4.69, 9.17) is 4.42 Å². The molecule has 4 rings (SSSR count). The fraction of sp³-hybridized carbons (Fsp3) is 0.176. The predicted molar refractivity (Wildman–Crippen MR) is 97.1 cm³/mol. The van der Waals surface area contributed by atoms with Gasteiger partial charge in [0.05, 0.1) is 16.4 Å². The van der Waals surface area contributed by atoms with E-state index in [0.29, 0.717) is 22.7 Å². The average molecular weight is 354 g/mol. The van der Waals surface area contributed by atoms with Gasteiger partial charge in [0.2, 0.25) is 5.89 Å². The van der Waals surface area contributed by atoms with Gasteiger partial charge in [-0.05, 0) is 18.2 Å². The van der Waals surface area contributed by atoms with Crippen LogP contribution in [0.25, 0.3) is 11.1 Å². The van der Waals surface area contributed by atoms with Crippen LogP contribution in [0.1, 0.15) is 12.3 Å². The molecule has 2 heterocycles. The summed E-state index contributed by atoms with van der Waals surface area (Å²) in [7, 11) is 0. The first kappa shape index (κ1) is 15.6. The van der Waals surface area contributed by atoms with Crippen LogP contribution < -0.4 is 5.01 Å². The number of hydrogen-bond donors (Lipinski definition) is 0. The minimum atomic E-state index is -0.442. The van der Waals surface area contributed by atoms with Crippen LogP contribution in [0.3, 0.4) is 0 Å². The van der Waals surface area contributed by atoms with Gasteiger partial charge in [0.15, 0.2) is 11.1 Å². The van der Waals surface area contributed by atoms with Crippen LogP contribution in [0, 0.1) is 10.1 Å². The van der Waals surface area contributed by atoms with Crippen LogP contribution in [0.15, 0.2) is 56.9 Å². The van der Waals surface area contributed by atoms with E-state index < -0.39 is 4.92 Å². The lowest BCUT2D eigenvalue weighted by molar-refractivity contribution is -0.383. The number of hydrogen-bond acceptors (Lipinski definition) is 7. The van der Waals surface area contributed by atoms with E-state index in [1.165, 1.54) is 6.07 Å². The molecule has 0 N–H and O–H groups in total. The molecule has 0 spiro atoms. The Balaban J connectivity index is 1.58. The van der Waals surface area contributed by atoms with E-state index in [1.54, 1.807) is 23.9 Å². The first-order chi connectivity index (χ1) is 12.2. The van der Waals surface area contributed by atoms with E-state index in [2.05, 4.69) is 10.1 Å². The van der Waals surface area contributed by atoms with E-state index in [0.717, 1.165) is 23.5 Å². The zero-order valence-electron chi connectivity index (χ0n) is 13.2. The van der Waals surface area contributed by atoms with Crippen LogP contribution in [-0.2, 0) is 5.75 Å². The summed E-state index contributed by atoms with van der Waals surface area (Å²) in [4.78, 5) is 16.0. The molecule has 1 aliphatic heterocycles. The largest absolute Gasteiger partial charge is 0.439 e. The van der Waals surface area contributed by atoms with Crippen molar-refractivity contribution in [3.05, 3.63) is 58.5 Å². The minimum absolute atomic E-state index is 0.0377. The van der Waals surface area contributed by atoms with Gasteiger partial charge in [-0.15, -0.1) is 11.8 Å². The van der Waals surface area contributed by atoms with E-state index in [-0.39, 0.29) is 5.69 Å². The Labute approximate surface area is 147 Å². The molecule has 0 atom stereocenters. The van der Waals surface area contributed by atoms with Gasteiger partial charge >= 0.3 is 0 Å². The molecule has 25 heavy (non-hydrogen) atoms. The van der Waals surface area contributed by atoms with Crippen molar-refractivity contribution in [1.29, 1.82) is 0 Å². The van der Waals surface area contributed by atoms with Gasteiger partial charge in [0, 0.05) is 30.1 Å². The first-order valence-electron chi connectivity index (χ1n) is 7.77. The lowest BCUT2D eigenvalue weighted by Crippen LogP contribution is -2.12. The molecule has 0 saturated heterocycles. The molecule has 0 radical (unpaired) electrons. The SMILES string of the molecule is O=[N+]([O-])c1cccc2oc(CSc3ccccc3N3CCC=N3)nc12. The van der Waals surface area contributed by atoms with E-state index in [9.17, 15) is 10.1 Å². The van der Waals surface area contributed by atoms with Crippen molar-refractivity contribution in [3.8, 4) is 0 Å². The molecule has 2 aromatic carbocycles. The van der Waals surface area contributed by atoms with Crippen molar-refractivity contribution < 1.29 is 9.34 Å². The van der Waals surface area contributed by atoms with Gasteiger partial charge in [-0.2, -0.15) is 5.10 Å². The third-order valence-corrected chi connectivity index (χ3v) is 4.87. The van der Waals surface area contributed by atoms with Gasteiger partial charge in [-0.1, -0.05) is 18.2 Å². The number of aromatic nitrogens is 1. The summed E-state index contributed by atoms with van der Waals surface area (Å²) in [5.74, 6) is 0.953. The number of nitrogens with zero attached hydrogens (tertiary/aromatic N) is 4. The van der Waals surface area contributed by atoms with Crippen molar-refractivity contribution in [1.82, 2.24) is 4.98 Å². The van der Waals surface area contributed by atoms with Crippen molar-refractivity contribution in [3.63, 3.8) is 0 Å². The molecule has 0 unspecified atom stereocenters. The Morgan fingerprint density at radius 1 is 1.24 bits per heavy atom. The number of nitro groups is 1. The second kappa shape index (κ2) is 6.56. The highest BCUT2D eigenvalue weighted by atomic mass is 32.2. The molecular formula is C17H14N4O3S. The summed E-state index contributed by atoms with van der Waals surface area (Å²) in [5.41, 5.74) is 1.73. The Kier molecular flexibility index (Phi) is 4.10. The number of rotatable bonds is 5. The lowest BCUT2D eigenvalue weighted by atomic mass is 10.3. The van der Waals surface area contributed by atoms with Gasteiger partial charge in [0.25, 0.3) is 5.69 Å². The monoisotopic (exact) mass is 354 g/mol. The molecule has 8 heteroatoms. The highest BCUT2D eigenvalue weighted by molar-refractivity contribution is 7.98. The Hall–Kier alpha value is -2.87. The zero-order valence-corrected chi connectivity index (χ0v) is 14.0. The lowest BCUT2D eigenvalue weighted by Gasteiger charge is -2.17. The number of nitro benzene ring substituents is 1. The molecule has 126 valence electrons. The fourth-order valence-corrected chi connectivity index (χ4v) is 3.60. The number of hydrazone groups is 1. The molecule has 3 aromatic rings. The third-order valence-electron chi connectivity index (χ3n) is 3.82. The molecule has 0 fully saturated rings. The minimum Gasteiger partial charge on any atom is -0.439 e. The summed E-state index contributed by atoms with van der Waals surface area (Å²) >= 11 is 1.57. The number of fused-ring (bicyclic) bond motifs is 1. The van der Waals surface area contributed by atoms with Gasteiger partial charge in [-0.3, -0.25) is 15.1 Å². The summed E-state index contributed by atoms with van der Waals surface area (Å²) < 4.78 is 5.67. The topological polar surface area (TPSA) is 84.8 Å². The normalized spacial score (nSPS) is 13.7. The predicted octanol–water partition coefficient (Wildman–Crippen LogP) is 4.22. The number of non-ortho nitro benzene ring substituents is 1. The van der Waals surface area contributed by atoms with Crippen LogP contribution >= 0.6 is 11.8 Å². The maximum absolute atomic E-state index is 11.1. The number of thioether (sulfide) groups is 1. The maximum atomic E-state index is 11.1. The van der Waals surface area contributed by atoms with Crippen LogP contribution in [-0.4, -0.2) is 22.7 Å². The molecule has 0 saturated carbocycles. The summed E-state index contributed by atoms with van der Waals surface area (Å²) in [6.07, 6.45) is 2.84. The fourth-order valence-electron chi connectivity index (χ4n) is 2.70. The number of para-hydroxylation sites is 2. The molecule has 1 aromatic heterocycles. The maximum Gasteiger partial charge on any atom is 0.298 e. The Bertz CT molecular complexity index is 969. The van der Waals surface area contributed by atoms with Crippen LogP contribution in [0.2, 0.25) is 0 Å². The van der Waals surface area contributed by atoms with Crippen molar-refractivity contribution in [2.24, 2.45) is 5.10 Å². The summed E-state index contributed by atoms with van der Waals surface area (Å²) in [5, 5.41) is 17.4. The molecule has 0 aliphatic carbocycles. The van der Waals surface area contributed by atoms with Gasteiger partial charge in [0.1, 0.15) is 0 Å². The second-order valence-electron chi connectivity index (χ2n) is 5.45. The Morgan fingerprint density at radius 3 is 2.92 bits per heavy atom. The molecule has 1 aliphatic rings. The number of benzene rings is 2. The molecule has 7 nitrogen and oxygen atoms in total. The second-order valence-corrected chi connectivity index (χ2v) is 6.47. The molecular weight excluding hydrogens is 340 g/mol.